The lowest BCUT2D eigenvalue weighted by Crippen LogP contribution is -2.19. The van der Waals surface area contributed by atoms with Gasteiger partial charge in [0.2, 0.25) is 20.9 Å². The van der Waals surface area contributed by atoms with Crippen LogP contribution in [0.4, 0.5) is 18.9 Å². The molecule has 162 valence electrons. The van der Waals surface area contributed by atoms with Gasteiger partial charge < -0.3 is 5.32 Å². The van der Waals surface area contributed by atoms with E-state index in [9.17, 15) is 26.4 Å². The van der Waals surface area contributed by atoms with E-state index < -0.39 is 26.4 Å². The van der Waals surface area contributed by atoms with Crippen LogP contribution >= 0.6 is 11.8 Å². The van der Waals surface area contributed by atoms with Crippen LogP contribution in [0.2, 0.25) is 0 Å². The molecular formula is C19H15F3N4O3S2. The van der Waals surface area contributed by atoms with Crippen LogP contribution in [0.3, 0.4) is 0 Å². The summed E-state index contributed by atoms with van der Waals surface area (Å²) in [6.07, 6.45) is 3.32. The van der Waals surface area contributed by atoms with Crippen molar-refractivity contribution in [1.29, 1.82) is 0 Å². The number of thioether (sulfide) groups is 1. The summed E-state index contributed by atoms with van der Waals surface area (Å²) in [5, 5.41) is 9.18. The van der Waals surface area contributed by atoms with Gasteiger partial charge in [-0.25, -0.2) is 17.8 Å². The lowest BCUT2D eigenvalue weighted by atomic mass is 10.2. The highest BCUT2D eigenvalue weighted by molar-refractivity contribution is 7.99. The van der Waals surface area contributed by atoms with Crippen LogP contribution in [-0.2, 0) is 14.6 Å². The number of hydrogen-bond donors (Lipinski definition) is 2. The van der Waals surface area contributed by atoms with E-state index in [0.717, 1.165) is 23.4 Å². The standard InChI is InChI=1S/C19H15F3N4O3S2/c20-13-8-5-12(6-9-13)7-10-16-24-19(26-25-16)30-11-17(27)23-14-3-1-2-4-15(14)31(28,29)18(21)22/h1-10,18H,11H2,(H,23,27)(H,24,25,26)/b10-7+. The van der Waals surface area contributed by atoms with Crippen LogP contribution in [-0.4, -0.2) is 41.0 Å². The molecule has 1 heterocycles. The number of aromatic nitrogens is 3. The van der Waals surface area contributed by atoms with Gasteiger partial charge in [-0.05, 0) is 35.9 Å². The Labute approximate surface area is 179 Å². The largest absolute Gasteiger partial charge is 0.341 e. The van der Waals surface area contributed by atoms with Gasteiger partial charge in [-0.15, -0.1) is 5.10 Å². The van der Waals surface area contributed by atoms with Gasteiger partial charge in [0.05, 0.1) is 16.3 Å². The number of sulfone groups is 1. The number of anilines is 1. The molecule has 2 N–H and O–H groups in total. The Bertz CT molecular complexity index is 1200. The van der Waals surface area contributed by atoms with E-state index in [1.807, 2.05) is 0 Å². The number of benzene rings is 2. The summed E-state index contributed by atoms with van der Waals surface area (Å²) in [5.74, 6) is -4.34. The third-order valence-electron chi connectivity index (χ3n) is 3.82. The second kappa shape index (κ2) is 9.79. The highest BCUT2D eigenvalue weighted by atomic mass is 32.2. The molecular weight excluding hydrogens is 453 g/mol. The van der Waals surface area contributed by atoms with E-state index in [4.69, 9.17) is 0 Å². The number of halogens is 3. The number of alkyl halides is 2. The lowest BCUT2D eigenvalue weighted by Gasteiger charge is -2.10. The van der Waals surface area contributed by atoms with E-state index in [-0.39, 0.29) is 22.4 Å². The molecule has 7 nitrogen and oxygen atoms in total. The number of amides is 1. The first-order valence-electron chi connectivity index (χ1n) is 8.65. The van der Waals surface area contributed by atoms with Gasteiger partial charge in [0.15, 0.2) is 0 Å². The third-order valence-corrected chi connectivity index (χ3v) is 6.11. The number of H-pyrrole nitrogens is 1. The van der Waals surface area contributed by atoms with Crippen LogP contribution in [0.15, 0.2) is 58.6 Å². The predicted molar refractivity (Wildman–Crippen MR) is 111 cm³/mol. The number of rotatable bonds is 8. The minimum absolute atomic E-state index is 0.179. The highest BCUT2D eigenvalue weighted by Crippen LogP contribution is 2.26. The van der Waals surface area contributed by atoms with E-state index in [2.05, 4.69) is 20.5 Å². The monoisotopic (exact) mass is 468 g/mol. The van der Waals surface area contributed by atoms with Crippen molar-refractivity contribution < 1.29 is 26.4 Å². The molecule has 0 aliphatic carbocycles. The molecule has 1 amide bonds. The average molecular weight is 468 g/mol. The number of nitrogens with one attached hydrogen (secondary N) is 2. The smallest absolute Gasteiger partial charge is 0.324 e. The first-order valence-corrected chi connectivity index (χ1v) is 11.2. The fourth-order valence-electron chi connectivity index (χ4n) is 2.38. The zero-order valence-corrected chi connectivity index (χ0v) is 17.3. The maximum absolute atomic E-state index is 12.9. The van der Waals surface area contributed by atoms with Gasteiger partial charge in [0.25, 0.3) is 0 Å². The van der Waals surface area contributed by atoms with Crippen molar-refractivity contribution in [2.45, 2.75) is 15.8 Å². The molecule has 0 saturated carbocycles. The normalized spacial score (nSPS) is 11.9. The fourth-order valence-corrected chi connectivity index (χ4v) is 3.87. The fraction of sp³-hybridized carbons (Fsp3) is 0.105. The Morgan fingerprint density at radius 1 is 1.13 bits per heavy atom. The van der Waals surface area contributed by atoms with E-state index in [1.165, 1.54) is 30.3 Å². The van der Waals surface area contributed by atoms with Gasteiger partial charge in [0, 0.05) is 0 Å². The summed E-state index contributed by atoms with van der Waals surface area (Å²) < 4.78 is 62.0. The number of carbonyl (C=O) groups is 1. The van der Waals surface area contributed by atoms with Crippen molar-refractivity contribution >= 4 is 45.3 Å². The molecule has 31 heavy (non-hydrogen) atoms. The molecule has 0 spiro atoms. The van der Waals surface area contributed by atoms with Crippen molar-refractivity contribution in [1.82, 2.24) is 15.2 Å². The Morgan fingerprint density at radius 3 is 2.55 bits per heavy atom. The molecule has 12 heteroatoms. The van der Waals surface area contributed by atoms with Crippen molar-refractivity contribution in [2.75, 3.05) is 11.1 Å². The van der Waals surface area contributed by atoms with Crippen LogP contribution < -0.4 is 5.32 Å². The number of carbonyl (C=O) groups excluding carboxylic acids is 1. The first kappa shape index (κ1) is 22.6. The number of aromatic amines is 1. The molecule has 0 aliphatic heterocycles. The van der Waals surface area contributed by atoms with Crippen LogP contribution in [0.5, 0.6) is 0 Å². The van der Waals surface area contributed by atoms with Crippen molar-refractivity contribution in [3.05, 3.63) is 65.7 Å². The molecule has 0 bridgehead atoms. The van der Waals surface area contributed by atoms with Crippen molar-refractivity contribution in [3.63, 3.8) is 0 Å². The Hall–Kier alpha value is -3.12. The van der Waals surface area contributed by atoms with Gasteiger partial charge in [-0.1, -0.05) is 42.1 Å². The third kappa shape index (κ3) is 5.95. The Kier molecular flexibility index (Phi) is 7.13. The predicted octanol–water partition coefficient (Wildman–Crippen LogP) is 3.84. The first-order chi connectivity index (χ1) is 14.8. The van der Waals surface area contributed by atoms with Crippen LogP contribution in [0.1, 0.15) is 11.4 Å². The summed E-state index contributed by atoms with van der Waals surface area (Å²) in [7, 11) is -4.86. The topological polar surface area (TPSA) is 105 Å². The number of hydrogen-bond acceptors (Lipinski definition) is 6. The molecule has 3 rings (SSSR count). The van der Waals surface area contributed by atoms with Crippen molar-refractivity contribution in [2.24, 2.45) is 0 Å². The van der Waals surface area contributed by atoms with Gasteiger partial charge >= 0.3 is 5.76 Å². The molecule has 0 atom stereocenters. The molecule has 0 aliphatic rings. The van der Waals surface area contributed by atoms with Crippen LogP contribution in [0.25, 0.3) is 12.2 Å². The van der Waals surface area contributed by atoms with E-state index in [0.29, 0.717) is 5.82 Å². The summed E-state index contributed by atoms with van der Waals surface area (Å²) >= 11 is 0.965. The zero-order valence-electron chi connectivity index (χ0n) is 15.6. The minimum atomic E-state index is -4.86. The highest BCUT2D eigenvalue weighted by Gasteiger charge is 2.29. The minimum Gasteiger partial charge on any atom is -0.324 e. The second-order valence-electron chi connectivity index (χ2n) is 6.03. The number of nitrogens with zero attached hydrogens (tertiary/aromatic N) is 2. The van der Waals surface area contributed by atoms with Gasteiger partial charge in [0.1, 0.15) is 11.6 Å². The van der Waals surface area contributed by atoms with Crippen molar-refractivity contribution in [3.8, 4) is 0 Å². The van der Waals surface area contributed by atoms with Crippen LogP contribution in [0, 0.1) is 5.82 Å². The zero-order chi connectivity index (χ0) is 22.4. The Balaban J connectivity index is 1.60. The van der Waals surface area contributed by atoms with E-state index in [1.54, 1.807) is 24.3 Å². The summed E-state index contributed by atoms with van der Waals surface area (Å²) in [6.45, 7) is 0. The summed E-state index contributed by atoms with van der Waals surface area (Å²) in [6, 6.07) is 10.8. The SMILES string of the molecule is O=C(CSc1n[nH]c(/C=C/c2ccc(F)cc2)n1)Nc1ccccc1S(=O)(=O)C(F)F. The summed E-state index contributed by atoms with van der Waals surface area (Å²) in [5.41, 5.74) is 0.523. The lowest BCUT2D eigenvalue weighted by molar-refractivity contribution is -0.113. The molecule has 2 aromatic carbocycles. The van der Waals surface area contributed by atoms with Gasteiger partial charge in [-0.2, -0.15) is 8.78 Å². The molecule has 0 saturated heterocycles. The quantitative estimate of drug-likeness (QED) is 0.487. The van der Waals surface area contributed by atoms with Gasteiger partial charge in [-0.3, -0.25) is 9.89 Å². The molecule has 0 radical (unpaired) electrons. The maximum atomic E-state index is 12.9. The number of para-hydroxylation sites is 1. The average Bonchev–Trinajstić information content (AvgIpc) is 3.20. The summed E-state index contributed by atoms with van der Waals surface area (Å²) in [4.78, 5) is 15.7. The molecule has 0 unspecified atom stereocenters. The maximum Gasteiger partial charge on any atom is 0.341 e. The molecule has 3 aromatic rings. The van der Waals surface area contributed by atoms with E-state index >= 15 is 0 Å². The Morgan fingerprint density at radius 2 is 1.84 bits per heavy atom. The molecule has 1 aromatic heterocycles. The second-order valence-corrected chi connectivity index (χ2v) is 8.86. The molecule has 0 fully saturated rings.